The number of benzene rings is 2. The lowest BCUT2D eigenvalue weighted by molar-refractivity contribution is -0.180. The number of aliphatic hydroxyl groups excluding tert-OH is 1. The zero-order valence-electron chi connectivity index (χ0n) is 17.3. The van der Waals surface area contributed by atoms with Crippen LogP contribution in [0.4, 0.5) is 4.79 Å². The van der Waals surface area contributed by atoms with E-state index in [0.29, 0.717) is 19.7 Å². The molecule has 4 rings (SSSR count). The van der Waals surface area contributed by atoms with Crippen LogP contribution in [0.3, 0.4) is 0 Å². The zero-order chi connectivity index (χ0) is 21.1. The highest BCUT2D eigenvalue weighted by molar-refractivity contribution is 5.70. The van der Waals surface area contributed by atoms with Gasteiger partial charge in [0, 0.05) is 26.0 Å². The standard InChI is InChI=1S/C23H27NO6/c1-23(2)28-15-18-13-17(5-8-20(18)30-23)21-14-24(22(26)29-21)10-9-16-3-6-19(7-4-16)27-12-11-25/h3-8,13,21,25H,9-12,14-15H2,1-2H3. The molecule has 2 aliphatic rings. The molecule has 0 aliphatic carbocycles. The third kappa shape index (κ3) is 4.68. The van der Waals surface area contributed by atoms with Gasteiger partial charge >= 0.3 is 6.09 Å². The molecule has 0 saturated carbocycles. The van der Waals surface area contributed by atoms with Gasteiger partial charge < -0.3 is 29.0 Å². The summed E-state index contributed by atoms with van der Waals surface area (Å²) < 4.78 is 22.5. The topological polar surface area (TPSA) is 77.5 Å². The summed E-state index contributed by atoms with van der Waals surface area (Å²) in [5.74, 6) is 0.897. The molecule has 1 N–H and O–H groups in total. The molecule has 30 heavy (non-hydrogen) atoms. The first-order valence-corrected chi connectivity index (χ1v) is 10.2. The van der Waals surface area contributed by atoms with E-state index in [1.165, 1.54) is 0 Å². The van der Waals surface area contributed by atoms with Gasteiger partial charge in [-0.15, -0.1) is 0 Å². The van der Waals surface area contributed by atoms with Crippen LogP contribution < -0.4 is 9.47 Å². The van der Waals surface area contributed by atoms with Crippen LogP contribution in [-0.4, -0.2) is 48.2 Å². The molecule has 0 aromatic heterocycles. The van der Waals surface area contributed by atoms with Crippen molar-refractivity contribution in [1.82, 2.24) is 4.90 Å². The summed E-state index contributed by atoms with van der Waals surface area (Å²) in [5, 5.41) is 8.81. The average Bonchev–Trinajstić information content (AvgIpc) is 3.11. The second kappa shape index (κ2) is 8.53. The number of amides is 1. The first-order valence-electron chi connectivity index (χ1n) is 10.2. The monoisotopic (exact) mass is 413 g/mol. The van der Waals surface area contributed by atoms with Gasteiger partial charge in [0.2, 0.25) is 5.79 Å². The van der Waals surface area contributed by atoms with E-state index in [9.17, 15) is 4.79 Å². The van der Waals surface area contributed by atoms with Crippen molar-refractivity contribution in [2.45, 2.75) is 38.8 Å². The molecule has 0 bridgehead atoms. The van der Waals surface area contributed by atoms with E-state index in [1.807, 2.05) is 56.3 Å². The van der Waals surface area contributed by atoms with Crippen LogP contribution in [0.2, 0.25) is 0 Å². The zero-order valence-corrected chi connectivity index (χ0v) is 17.3. The number of cyclic esters (lactones) is 1. The Morgan fingerprint density at radius 2 is 2.00 bits per heavy atom. The third-order valence-corrected chi connectivity index (χ3v) is 5.23. The minimum absolute atomic E-state index is 0.0117. The Balaban J connectivity index is 1.34. The summed E-state index contributed by atoms with van der Waals surface area (Å²) in [5.41, 5.74) is 3.01. The summed E-state index contributed by atoms with van der Waals surface area (Å²) >= 11 is 0. The SMILES string of the molecule is CC1(C)OCc2cc(C3CN(CCc4ccc(OCCO)cc4)C(=O)O3)ccc2O1. The molecule has 1 atom stereocenters. The maximum Gasteiger partial charge on any atom is 0.410 e. The molecule has 160 valence electrons. The molecule has 1 unspecified atom stereocenters. The van der Waals surface area contributed by atoms with Crippen LogP contribution in [0, 0.1) is 0 Å². The molecule has 7 heteroatoms. The summed E-state index contributed by atoms with van der Waals surface area (Å²) in [4.78, 5) is 14.1. The van der Waals surface area contributed by atoms with Crippen LogP contribution in [0.1, 0.15) is 36.6 Å². The van der Waals surface area contributed by atoms with Crippen molar-refractivity contribution >= 4 is 6.09 Å². The van der Waals surface area contributed by atoms with Gasteiger partial charge in [-0.1, -0.05) is 18.2 Å². The Hall–Kier alpha value is -2.77. The Morgan fingerprint density at radius 1 is 1.20 bits per heavy atom. The predicted molar refractivity (Wildman–Crippen MR) is 109 cm³/mol. The number of carbonyl (C=O) groups excluding carboxylic acids is 1. The molecule has 0 radical (unpaired) electrons. The normalized spacial score (nSPS) is 19.8. The first-order chi connectivity index (χ1) is 14.4. The summed E-state index contributed by atoms with van der Waals surface area (Å²) in [6.45, 7) is 5.60. The number of aliphatic hydroxyl groups is 1. The fourth-order valence-electron chi connectivity index (χ4n) is 3.60. The highest BCUT2D eigenvalue weighted by Crippen LogP contribution is 2.35. The molecule has 2 aromatic carbocycles. The molecule has 7 nitrogen and oxygen atoms in total. The van der Waals surface area contributed by atoms with E-state index >= 15 is 0 Å². The average molecular weight is 413 g/mol. The molecule has 0 spiro atoms. The van der Waals surface area contributed by atoms with Crippen molar-refractivity contribution in [1.29, 1.82) is 0 Å². The van der Waals surface area contributed by atoms with Gasteiger partial charge in [0.25, 0.3) is 0 Å². The minimum Gasteiger partial charge on any atom is -0.491 e. The van der Waals surface area contributed by atoms with Gasteiger partial charge in [-0.05, 0) is 41.8 Å². The lowest BCUT2D eigenvalue weighted by Crippen LogP contribution is -2.35. The molecule has 1 fully saturated rings. The second-order valence-electron chi connectivity index (χ2n) is 7.94. The van der Waals surface area contributed by atoms with E-state index in [0.717, 1.165) is 34.6 Å². The van der Waals surface area contributed by atoms with Crippen LogP contribution >= 0.6 is 0 Å². The van der Waals surface area contributed by atoms with Gasteiger partial charge in [0.15, 0.2) is 0 Å². The Labute approximate surface area is 176 Å². The Kier molecular flexibility index (Phi) is 5.83. The van der Waals surface area contributed by atoms with Gasteiger partial charge in [0.05, 0.1) is 19.8 Å². The summed E-state index contributed by atoms with van der Waals surface area (Å²) in [6, 6.07) is 13.5. The highest BCUT2D eigenvalue weighted by atomic mass is 16.7. The first kappa shape index (κ1) is 20.5. The number of fused-ring (bicyclic) bond motifs is 1. The molecule has 1 amide bonds. The smallest absolute Gasteiger partial charge is 0.410 e. The van der Waals surface area contributed by atoms with Crippen LogP contribution in [0.25, 0.3) is 0 Å². The quantitative estimate of drug-likeness (QED) is 0.749. The van der Waals surface area contributed by atoms with Crippen molar-refractivity contribution in [3.8, 4) is 11.5 Å². The van der Waals surface area contributed by atoms with E-state index in [-0.39, 0.29) is 25.4 Å². The highest BCUT2D eigenvalue weighted by Gasteiger charge is 2.33. The number of hydrogen-bond acceptors (Lipinski definition) is 6. The number of carbonyl (C=O) groups is 1. The second-order valence-corrected chi connectivity index (χ2v) is 7.94. The van der Waals surface area contributed by atoms with Crippen LogP contribution in [0.5, 0.6) is 11.5 Å². The number of hydrogen-bond donors (Lipinski definition) is 1. The van der Waals surface area contributed by atoms with E-state index in [1.54, 1.807) is 4.90 Å². The number of rotatable bonds is 7. The van der Waals surface area contributed by atoms with E-state index in [4.69, 9.17) is 24.1 Å². The van der Waals surface area contributed by atoms with Gasteiger partial charge in [0.1, 0.15) is 24.2 Å². The molecule has 1 saturated heterocycles. The number of ether oxygens (including phenoxy) is 4. The Bertz CT molecular complexity index is 895. The summed E-state index contributed by atoms with van der Waals surface area (Å²) in [6.07, 6.45) is 0.129. The van der Waals surface area contributed by atoms with E-state index < -0.39 is 5.79 Å². The minimum atomic E-state index is -0.631. The molecular weight excluding hydrogens is 386 g/mol. The van der Waals surface area contributed by atoms with Crippen molar-refractivity contribution in [3.63, 3.8) is 0 Å². The molecular formula is C23H27NO6. The van der Waals surface area contributed by atoms with Crippen molar-refractivity contribution in [3.05, 3.63) is 59.2 Å². The van der Waals surface area contributed by atoms with Gasteiger partial charge in [-0.2, -0.15) is 0 Å². The lowest BCUT2D eigenvalue weighted by atomic mass is 10.0. The molecule has 2 aliphatic heterocycles. The van der Waals surface area contributed by atoms with Crippen molar-refractivity contribution < 1.29 is 28.8 Å². The van der Waals surface area contributed by atoms with Gasteiger partial charge in [-0.25, -0.2) is 4.79 Å². The molecule has 2 heterocycles. The van der Waals surface area contributed by atoms with Gasteiger partial charge in [-0.3, -0.25) is 0 Å². The summed E-state index contributed by atoms with van der Waals surface area (Å²) in [7, 11) is 0. The number of nitrogens with zero attached hydrogens (tertiary/aromatic N) is 1. The fraction of sp³-hybridized carbons (Fsp3) is 0.435. The van der Waals surface area contributed by atoms with E-state index in [2.05, 4.69) is 0 Å². The fourth-order valence-corrected chi connectivity index (χ4v) is 3.60. The van der Waals surface area contributed by atoms with Crippen molar-refractivity contribution in [2.75, 3.05) is 26.3 Å². The van der Waals surface area contributed by atoms with Crippen LogP contribution in [-0.2, 0) is 22.5 Å². The Morgan fingerprint density at radius 3 is 2.77 bits per heavy atom. The maximum atomic E-state index is 12.3. The van der Waals surface area contributed by atoms with Crippen molar-refractivity contribution in [2.24, 2.45) is 0 Å². The molecule has 2 aromatic rings. The maximum absolute atomic E-state index is 12.3. The lowest BCUT2D eigenvalue weighted by Gasteiger charge is -2.32. The van der Waals surface area contributed by atoms with Crippen LogP contribution in [0.15, 0.2) is 42.5 Å². The predicted octanol–water partition coefficient (Wildman–Crippen LogP) is 3.44. The third-order valence-electron chi connectivity index (χ3n) is 5.23. The largest absolute Gasteiger partial charge is 0.491 e.